The molecule has 0 saturated carbocycles. The molecule has 0 spiro atoms. The van der Waals surface area contributed by atoms with Crippen LogP contribution in [0.25, 0.3) is 0 Å². The second-order valence-electron chi connectivity index (χ2n) is 8.22. The Bertz CT molecular complexity index is 840. The maximum Gasteiger partial charge on any atom is 0.410 e. The fourth-order valence-corrected chi connectivity index (χ4v) is 4.20. The molecule has 0 aliphatic carbocycles. The standard InChI is InChI=1S/C22H27BrClN3O3/c1-22(2,3)30-21(28)27-10-9-25-20(16-11-18(23)26-19(24)12-16)17(27)14-29-13-15-7-5-4-6-8-15/h4-8,11-12,17,20,25H,9-10,13-14H2,1-3H3/t17-,20-/m1/s1. The fourth-order valence-electron chi connectivity index (χ4n) is 3.43. The minimum Gasteiger partial charge on any atom is -0.444 e. The molecule has 0 bridgehead atoms. The number of halogens is 2. The smallest absolute Gasteiger partial charge is 0.410 e. The van der Waals surface area contributed by atoms with E-state index in [0.29, 0.717) is 36.1 Å². The number of nitrogens with one attached hydrogen (secondary N) is 1. The van der Waals surface area contributed by atoms with Crippen molar-refractivity contribution in [2.75, 3.05) is 19.7 Å². The van der Waals surface area contributed by atoms with E-state index in [0.717, 1.165) is 11.1 Å². The van der Waals surface area contributed by atoms with Gasteiger partial charge >= 0.3 is 6.09 Å². The summed E-state index contributed by atoms with van der Waals surface area (Å²) in [6.45, 7) is 7.58. The zero-order valence-electron chi connectivity index (χ0n) is 17.4. The predicted molar refractivity (Wildman–Crippen MR) is 121 cm³/mol. The molecule has 1 saturated heterocycles. The second-order valence-corrected chi connectivity index (χ2v) is 9.42. The van der Waals surface area contributed by atoms with Crippen LogP contribution in [0.2, 0.25) is 5.15 Å². The number of aromatic nitrogens is 1. The Morgan fingerprint density at radius 2 is 2.03 bits per heavy atom. The molecule has 1 fully saturated rings. The molecule has 30 heavy (non-hydrogen) atoms. The van der Waals surface area contributed by atoms with Crippen molar-refractivity contribution in [3.05, 3.63) is 63.3 Å². The molecule has 1 aromatic carbocycles. The number of benzene rings is 1. The number of ether oxygens (including phenoxy) is 2. The molecule has 1 amide bonds. The van der Waals surface area contributed by atoms with Gasteiger partial charge in [0.25, 0.3) is 0 Å². The monoisotopic (exact) mass is 495 g/mol. The van der Waals surface area contributed by atoms with Gasteiger partial charge in [-0.25, -0.2) is 9.78 Å². The predicted octanol–water partition coefficient (Wildman–Crippen LogP) is 4.96. The lowest BCUT2D eigenvalue weighted by atomic mass is 9.97. The van der Waals surface area contributed by atoms with E-state index in [1.807, 2.05) is 63.2 Å². The number of hydrogen-bond acceptors (Lipinski definition) is 5. The SMILES string of the molecule is CC(C)(C)OC(=O)N1CCN[C@H](c2cc(Cl)nc(Br)c2)[C@H]1COCc1ccccc1. The molecule has 1 aromatic heterocycles. The highest BCUT2D eigenvalue weighted by Gasteiger charge is 2.37. The molecular weight excluding hydrogens is 470 g/mol. The van der Waals surface area contributed by atoms with Gasteiger partial charge in [-0.3, -0.25) is 4.90 Å². The summed E-state index contributed by atoms with van der Waals surface area (Å²) in [6.07, 6.45) is -0.346. The molecule has 1 aliphatic heterocycles. The van der Waals surface area contributed by atoms with Gasteiger partial charge in [-0.05, 0) is 60.0 Å². The number of rotatable bonds is 5. The van der Waals surface area contributed by atoms with Crippen LogP contribution in [-0.4, -0.2) is 47.3 Å². The minimum absolute atomic E-state index is 0.168. The van der Waals surface area contributed by atoms with Crippen LogP contribution in [0.5, 0.6) is 0 Å². The topological polar surface area (TPSA) is 63.7 Å². The second kappa shape index (κ2) is 10.1. The van der Waals surface area contributed by atoms with Crippen molar-refractivity contribution in [1.29, 1.82) is 0 Å². The van der Waals surface area contributed by atoms with E-state index in [2.05, 4.69) is 26.2 Å². The first-order chi connectivity index (χ1) is 14.2. The number of carbonyl (C=O) groups excluding carboxylic acids is 1. The Balaban J connectivity index is 1.82. The van der Waals surface area contributed by atoms with Gasteiger partial charge in [0.1, 0.15) is 15.4 Å². The molecule has 8 heteroatoms. The molecule has 0 unspecified atom stereocenters. The fraction of sp³-hybridized carbons (Fsp3) is 0.455. The molecule has 2 heterocycles. The molecular formula is C22H27BrClN3O3. The third kappa shape index (κ3) is 6.41. The zero-order valence-corrected chi connectivity index (χ0v) is 19.7. The molecule has 0 radical (unpaired) electrons. The summed E-state index contributed by atoms with van der Waals surface area (Å²) < 4.78 is 12.3. The van der Waals surface area contributed by atoms with Gasteiger partial charge in [0.15, 0.2) is 0 Å². The van der Waals surface area contributed by atoms with Gasteiger partial charge < -0.3 is 14.8 Å². The van der Waals surface area contributed by atoms with Crippen LogP contribution in [0.3, 0.4) is 0 Å². The van der Waals surface area contributed by atoms with E-state index < -0.39 is 5.60 Å². The van der Waals surface area contributed by atoms with Gasteiger partial charge in [-0.1, -0.05) is 41.9 Å². The van der Waals surface area contributed by atoms with Crippen molar-refractivity contribution in [3.63, 3.8) is 0 Å². The van der Waals surface area contributed by atoms with Crippen molar-refractivity contribution < 1.29 is 14.3 Å². The van der Waals surface area contributed by atoms with Gasteiger partial charge in [-0.2, -0.15) is 0 Å². The first-order valence-corrected chi connectivity index (χ1v) is 11.1. The summed E-state index contributed by atoms with van der Waals surface area (Å²) in [4.78, 5) is 18.9. The van der Waals surface area contributed by atoms with Crippen LogP contribution >= 0.6 is 27.5 Å². The minimum atomic E-state index is -0.574. The van der Waals surface area contributed by atoms with E-state index in [1.165, 1.54) is 0 Å². The van der Waals surface area contributed by atoms with Crippen LogP contribution in [-0.2, 0) is 16.1 Å². The normalized spacial score (nSPS) is 19.6. The van der Waals surface area contributed by atoms with Crippen molar-refractivity contribution in [2.45, 2.75) is 45.1 Å². The van der Waals surface area contributed by atoms with Crippen LogP contribution in [0.4, 0.5) is 4.79 Å². The lowest BCUT2D eigenvalue weighted by Gasteiger charge is -2.42. The molecule has 1 N–H and O–H groups in total. The van der Waals surface area contributed by atoms with E-state index in [-0.39, 0.29) is 18.2 Å². The number of amides is 1. The Morgan fingerprint density at radius 3 is 2.70 bits per heavy atom. The molecule has 162 valence electrons. The highest BCUT2D eigenvalue weighted by molar-refractivity contribution is 9.10. The summed E-state index contributed by atoms with van der Waals surface area (Å²) in [5.74, 6) is 0. The zero-order chi connectivity index (χ0) is 21.7. The Kier molecular flexibility index (Phi) is 7.74. The van der Waals surface area contributed by atoms with Crippen LogP contribution in [0.15, 0.2) is 47.1 Å². The van der Waals surface area contributed by atoms with Crippen molar-refractivity contribution in [1.82, 2.24) is 15.2 Å². The molecule has 6 nitrogen and oxygen atoms in total. The third-order valence-corrected chi connectivity index (χ3v) is 5.27. The molecule has 2 atom stereocenters. The van der Waals surface area contributed by atoms with E-state index in [4.69, 9.17) is 21.1 Å². The summed E-state index contributed by atoms with van der Waals surface area (Å²) in [6, 6.07) is 13.3. The quantitative estimate of drug-likeness (QED) is 0.593. The highest BCUT2D eigenvalue weighted by atomic mass is 79.9. The first-order valence-electron chi connectivity index (χ1n) is 9.90. The van der Waals surface area contributed by atoms with Crippen LogP contribution in [0.1, 0.15) is 37.9 Å². The van der Waals surface area contributed by atoms with Gasteiger partial charge in [0.05, 0.1) is 25.3 Å². The highest BCUT2D eigenvalue weighted by Crippen LogP contribution is 2.29. The van der Waals surface area contributed by atoms with E-state index >= 15 is 0 Å². The molecule has 2 aromatic rings. The Hall–Kier alpha value is -1.67. The lowest BCUT2D eigenvalue weighted by Crippen LogP contribution is -2.57. The Morgan fingerprint density at radius 1 is 1.30 bits per heavy atom. The molecule has 1 aliphatic rings. The Labute approximate surface area is 191 Å². The van der Waals surface area contributed by atoms with Crippen LogP contribution in [0, 0.1) is 0 Å². The van der Waals surface area contributed by atoms with E-state index in [1.54, 1.807) is 4.90 Å². The summed E-state index contributed by atoms with van der Waals surface area (Å²) in [5.41, 5.74) is 1.44. The average molecular weight is 497 g/mol. The third-order valence-electron chi connectivity index (χ3n) is 4.67. The summed E-state index contributed by atoms with van der Waals surface area (Å²) >= 11 is 9.59. The number of nitrogens with zero attached hydrogens (tertiary/aromatic N) is 2. The van der Waals surface area contributed by atoms with Gasteiger partial charge in [0.2, 0.25) is 0 Å². The van der Waals surface area contributed by atoms with E-state index in [9.17, 15) is 4.79 Å². The maximum atomic E-state index is 12.9. The summed E-state index contributed by atoms with van der Waals surface area (Å²) in [5, 5.41) is 3.89. The first kappa shape index (κ1) is 23.0. The number of piperazine rings is 1. The maximum absolute atomic E-state index is 12.9. The van der Waals surface area contributed by atoms with Crippen LogP contribution < -0.4 is 5.32 Å². The number of hydrogen-bond donors (Lipinski definition) is 1. The van der Waals surface area contributed by atoms with Gasteiger partial charge in [0, 0.05) is 13.1 Å². The number of pyridine rings is 1. The van der Waals surface area contributed by atoms with Crippen molar-refractivity contribution in [2.24, 2.45) is 0 Å². The van der Waals surface area contributed by atoms with Crippen molar-refractivity contribution >= 4 is 33.6 Å². The van der Waals surface area contributed by atoms with Crippen molar-refractivity contribution in [3.8, 4) is 0 Å². The number of carbonyl (C=O) groups is 1. The lowest BCUT2D eigenvalue weighted by molar-refractivity contribution is -0.0173. The van der Waals surface area contributed by atoms with Gasteiger partial charge in [-0.15, -0.1) is 0 Å². The average Bonchev–Trinajstić information content (AvgIpc) is 2.66. The largest absolute Gasteiger partial charge is 0.444 e. The summed E-state index contributed by atoms with van der Waals surface area (Å²) in [7, 11) is 0. The molecule has 3 rings (SSSR count).